The Morgan fingerprint density at radius 2 is 1.17 bits per heavy atom. The number of carbonyl (C=O) groups excluding carboxylic acids is 3. The fraction of sp³-hybridized carbons (Fsp3) is 0.857. The van der Waals surface area contributed by atoms with Gasteiger partial charge in [-0.15, -0.1) is 0 Å². The number of hydrogen-bond donors (Lipinski definition) is 1. The molecule has 1 spiro atoms. The van der Waals surface area contributed by atoms with E-state index in [1.54, 1.807) is 0 Å². The Balaban J connectivity index is 0.000000124. The molecule has 13 rings (SSSR count). The Bertz CT molecular complexity index is 1810. The van der Waals surface area contributed by atoms with Crippen LogP contribution >= 0.6 is 0 Å². The van der Waals surface area contributed by atoms with Crippen LogP contribution in [0.15, 0.2) is 23.3 Å². The van der Waals surface area contributed by atoms with E-state index in [4.69, 9.17) is 4.74 Å². The van der Waals surface area contributed by atoms with Crippen LogP contribution in [0.25, 0.3) is 0 Å². The minimum absolute atomic E-state index is 0. The fourth-order valence-electron chi connectivity index (χ4n) is 19.1. The molecule has 1 saturated heterocycles. The maximum Gasteiger partial charge on any atom is 0.306 e. The topological polar surface area (TPSA) is 80.7 Å². The predicted octanol–water partition coefficient (Wildman–Crippen LogP) is 9.70. The molecule has 1 aliphatic heterocycles. The van der Waals surface area contributed by atoms with E-state index in [-0.39, 0.29) is 40.7 Å². The quantitative estimate of drug-likeness (QED) is 0.286. The second-order valence-corrected chi connectivity index (χ2v) is 22.9. The number of rotatable bonds is 2. The number of ketones is 2. The van der Waals surface area contributed by atoms with Crippen molar-refractivity contribution in [3.63, 3.8) is 0 Å². The lowest BCUT2D eigenvalue weighted by atomic mass is 9.45. The summed E-state index contributed by atoms with van der Waals surface area (Å²) >= 11 is 0. The molecule has 11 fully saturated rings. The van der Waals surface area contributed by atoms with E-state index in [1.807, 2.05) is 0 Å². The minimum atomic E-state index is -0.397. The summed E-state index contributed by atoms with van der Waals surface area (Å²) in [5.41, 5.74) is 3.41. The highest BCUT2D eigenvalue weighted by Gasteiger charge is 2.82. The number of esters is 1. The molecular formula is C49H68O5. The van der Waals surface area contributed by atoms with Crippen LogP contribution in [0.4, 0.5) is 0 Å². The highest BCUT2D eigenvalue weighted by molar-refractivity contribution is 5.92. The molecule has 0 amide bonds. The molecule has 0 radical (unpaired) electrons. The maximum absolute atomic E-state index is 12.2. The first-order valence-electron chi connectivity index (χ1n) is 22.7. The second-order valence-electron chi connectivity index (χ2n) is 22.9. The number of ether oxygens (including phenoxy) is 1. The number of fused-ring (bicyclic) bond motifs is 22. The molecule has 5 nitrogen and oxygen atoms in total. The molecule has 294 valence electrons. The maximum atomic E-state index is 12.2. The molecule has 0 aromatic heterocycles. The van der Waals surface area contributed by atoms with Crippen LogP contribution in [0, 0.1) is 105 Å². The van der Waals surface area contributed by atoms with Crippen LogP contribution in [-0.4, -0.2) is 33.8 Å². The molecule has 5 heteroatoms. The van der Waals surface area contributed by atoms with E-state index in [2.05, 4.69) is 46.8 Å². The number of hydrogen-bond acceptors (Lipinski definition) is 5. The van der Waals surface area contributed by atoms with Gasteiger partial charge in [-0.1, -0.05) is 59.6 Å². The average Bonchev–Trinajstić information content (AvgIpc) is 3.95. The molecule has 20 atom stereocenters. The molecule has 10 unspecified atom stereocenters. The van der Waals surface area contributed by atoms with Crippen molar-refractivity contribution in [3.05, 3.63) is 23.3 Å². The van der Waals surface area contributed by atoms with Gasteiger partial charge in [0, 0.05) is 30.6 Å². The number of allylic oxidation sites excluding steroid dienone is 2. The lowest BCUT2D eigenvalue weighted by Crippen LogP contribution is -2.57. The van der Waals surface area contributed by atoms with E-state index in [1.165, 1.54) is 62.5 Å². The summed E-state index contributed by atoms with van der Waals surface area (Å²) in [6, 6.07) is 0. The van der Waals surface area contributed by atoms with Gasteiger partial charge in [-0.25, -0.2) is 0 Å². The van der Waals surface area contributed by atoms with Crippen molar-refractivity contribution in [1.82, 2.24) is 0 Å². The number of carbonyl (C=O) groups is 3. The summed E-state index contributed by atoms with van der Waals surface area (Å²) in [4.78, 5) is 36.4. The van der Waals surface area contributed by atoms with E-state index in [9.17, 15) is 19.5 Å². The summed E-state index contributed by atoms with van der Waals surface area (Å²) in [6.07, 6.45) is 21.7. The van der Waals surface area contributed by atoms with Gasteiger partial charge in [0.25, 0.3) is 0 Å². The molecule has 0 bridgehead atoms. The zero-order valence-corrected chi connectivity index (χ0v) is 33.1. The first-order chi connectivity index (χ1) is 25.2. The van der Waals surface area contributed by atoms with E-state index in [0.717, 1.165) is 104 Å². The Morgan fingerprint density at radius 1 is 0.648 bits per heavy atom. The van der Waals surface area contributed by atoms with Crippen LogP contribution in [0.5, 0.6) is 0 Å². The van der Waals surface area contributed by atoms with Gasteiger partial charge in [0.15, 0.2) is 11.6 Å². The third kappa shape index (κ3) is 3.97. The molecule has 1 N–H and O–H groups in total. The van der Waals surface area contributed by atoms with E-state index >= 15 is 0 Å². The second kappa shape index (κ2) is 10.6. The minimum Gasteiger partial charge on any atom is -0.458 e. The van der Waals surface area contributed by atoms with Gasteiger partial charge < -0.3 is 9.84 Å². The molecular weight excluding hydrogens is 669 g/mol. The van der Waals surface area contributed by atoms with Crippen molar-refractivity contribution < 1.29 is 24.2 Å². The van der Waals surface area contributed by atoms with E-state index < -0.39 is 5.60 Å². The molecule has 0 aromatic carbocycles. The molecule has 0 aromatic rings. The Labute approximate surface area is 324 Å². The van der Waals surface area contributed by atoms with Gasteiger partial charge in [0.2, 0.25) is 0 Å². The largest absolute Gasteiger partial charge is 0.458 e. The van der Waals surface area contributed by atoms with Crippen molar-refractivity contribution in [2.75, 3.05) is 0 Å². The molecule has 1 heterocycles. The highest BCUT2D eigenvalue weighted by Crippen LogP contribution is 2.83. The fourth-order valence-corrected chi connectivity index (χ4v) is 19.1. The van der Waals surface area contributed by atoms with Crippen molar-refractivity contribution in [3.8, 4) is 0 Å². The van der Waals surface area contributed by atoms with Crippen LogP contribution in [-0.2, 0) is 19.1 Å². The summed E-state index contributed by atoms with van der Waals surface area (Å²) < 4.78 is 6.22. The van der Waals surface area contributed by atoms with Gasteiger partial charge in [-0.2, -0.15) is 0 Å². The van der Waals surface area contributed by atoms with Gasteiger partial charge in [0.1, 0.15) is 5.60 Å². The monoisotopic (exact) mass is 737 g/mol. The SMILES string of the molecule is C.CCC[C@]1(O)C2C[C@H]2C2C3C4C[C@H]4C4=CC(=O)CC[C@]4(C)C3CC[C@@]21C.C[C@]12CCC(=O)C=C1[C@@H]1CC1C1C2CC[C@@]2(C)C1[C@@H]1CC1[C@@]21CCC(=O)O1. The Kier molecular flexibility index (Phi) is 6.98. The van der Waals surface area contributed by atoms with Crippen molar-refractivity contribution in [1.29, 1.82) is 0 Å². The predicted molar refractivity (Wildman–Crippen MR) is 208 cm³/mol. The van der Waals surface area contributed by atoms with Crippen molar-refractivity contribution in [2.24, 2.45) is 105 Å². The third-order valence-corrected chi connectivity index (χ3v) is 21.4. The van der Waals surface area contributed by atoms with Gasteiger partial charge in [-0.05, 0) is 182 Å². The summed E-state index contributed by atoms with van der Waals surface area (Å²) in [7, 11) is 0. The van der Waals surface area contributed by atoms with Crippen LogP contribution in [0.3, 0.4) is 0 Å². The van der Waals surface area contributed by atoms with Crippen LogP contribution < -0.4 is 0 Å². The first-order valence-corrected chi connectivity index (χ1v) is 22.7. The van der Waals surface area contributed by atoms with Crippen LogP contribution in [0.1, 0.15) is 145 Å². The number of aliphatic hydroxyl groups is 1. The van der Waals surface area contributed by atoms with Crippen molar-refractivity contribution in [2.45, 2.75) is 156 Å². The molecule has 13 aliphatic rings. The zero-order chi connectivity index (χ0) is 36.4. The van der Waals surface area contributed by atoms with Crippen LogP contribution in [0.2, 0.25) is 0 Å². The summed E-state index contributed by atoms with van der Waals surface area (Å²) in [5.74, 6) is 11.3. The lowest BCUT2D eigenvalue weighted by molar-refractivity contribution is -0.177. The zero-order valence-electron chi connectivity index (χ0n) is 33.1. The summed E-state index contributed by atoms with van der Waals surface area (Å²) in [6.45, 7) is 12.2. The van der Waals surface area contributed by atoms with E-state index in [0.29, 0.717) is 41.7 Å². The van der Waals surface area contributed by atoms with Gasteiger partial charge in [-0.3, -0.25) is 14.4 Å². The smallest absolute Gasteiger partial charge is 0.306 e. The highest BCUT2D eigenvalue weighted by atomic mass is 16.6. The molecule has 12 aliphatic carbocycles. The lowest BCUT2D eigenvalue weighted by Gasteiger charge is -2.60. The molecule has 10 saturated carbocycles. The van der Waals surface area contributed by atoms with Gasteiger partial charge in [0.05, 0.1) is 5.60 Å². The average molecular weight is 737 g/mol. The normalized spacial score (nSPS) is 60.7. The Hall–Kier alpha value is -1.75. The third-order valence-electron chi connectivity index (χ3n) is 21.4. The van der Waals surface area contributed by atoms with Crippen molar-refractivity contribution >= 4 is 17.5 Å². The summed E-state index contributed by atoms with van der Waals surface area (Å²) in [5, 5.41) is 11.8. The molecule has 54 heavy (non-hydrogen) atoms. The van der Waals surface area contributed by atoms with Gasteiger partial charge >= 0.3 is 5.97 Å². The first kappa shape index (κ1) is 35.4. The standard InChI is InChI=1S/C24H30O3.C24H34O2.CH4/c1-22-6-3-12(25)9-17(22)13-10-14(13)20-16(22)4-7-23(2)21(20)15-11-18(15)24(23)8-5-19(26)27-24;1-4-7-24(26)19-12-16(19)21-20-15-11-14(15)18-10-13(25)5-8-22(18,2)17(20)6-9-23(21,24)3;/h9,13-16,18,20-21H,3-8,10-11H2,1-2H3;10,14-17,19-21,26H,4-9,11-12H2,1-3H3;1H4/t13-,14?,15-,16?,18?,20?,21?,22-,23+,24+;14-,15?,16-,17?,19?,20?,21?,22-,23+,24+;/m11./s1. The Morgan fingerprint density at radius 3 is 1.70 bits per heavy atom.